The lowest BCUT2D eigenvalue weighted by molar-refractivity contribution is -0.126. The molecule has 0 spiro atoms. The van der Waals surface area contributed by atoms with Crippen molar-refractivity contribution in [3.63, 3.8) is 0 Å². The smallest absolute Gasteiger partial charge is 0.223 e. The molecule has 3 unspecified atom stereocenters. The van der Waals surface area contributed by atoms with Crippen LogP contribution in [0.2, 0.25) is 0 Å². The quantitative estimate of drug-likeness (QED) is 0.701. The fraction of sp³-hybridized carbons (Fsp3) is 0.929. The van der Waals surface area contributed by atoms with Crippen molar-refractivity contribution < 1.29 is 14.3 Å². The van der Waals surface area contributed by atoms with Crippen LogP contribution in [-0.4, -0.2) is 44.4 Å². The summed E-state index contributed by atoms with van der Waals surface area (Å²) in [4.78, 5) is 11.9. The second-order valence-corrected chi connectivity index (χ2v) is 5.62. The van der Waals surface area contributed by atoms with Gasteiger partial charge in [0.05, 0.1) is 12.7 Å². The van der Waals surface area contributed by atoms with Crippen LogP contribution in [0.1, 0.15) is 38.5 Å². The van der Waals surface area contributed by atoms with Gasteiger partial charge in [0, 0.05) is 31.7 Å². The number of hydrogen-bond donors (Lipinski definition) is 2. The molecule has 0 aromatic carbocycles. The Bertz CT molecular complexity index is 280. The number of ether oxygens (including phenoxy) is 2. The lowest BCUT2D eigenvalue weighted by Crippen LogP contribution is -2.38. The molecule has 0 aromatic rings. The molecule has 3 atom stereocenters. The third kappa shape index (κ3) is 5.09. The predicted molar refractivity (Wildman–Crippen MR) is 72.7 cm³/mol. The van der Waals surface area contributed by atoms with E-state index in [1.807, 2.05) is 0 Å². The topological polar surface area (TPSA) is 73.6 Å². The van der Waals surface area contributed by atoms with Crippen molar-refractivity contribution in [2.45, 2.75) is 50.7 Å². The molecule has 3 N–H and O–H groups in total. The van der Waals surface area contributed by atoms with Gasteiger partial charge in [-0.25, -0.2) is 0 Å². The van der Waals surface area contributed by atoms with Gasteiger partial charge in [-0.2, -0.15) is 0 Å². The van der Waals surface area contributed by atoms with Gasteiger partial charge in [-0.05, 0) is 32.1 Å². The minimum Gasteiger partial charge on any atom is -0.379 e. The van der Waals surface area contributed by atoms with Crippen molar-refractivity contribution >= 4 is 5.91 Å². The van der Waals surface area contributed by atoms with E-state index in [1.54, 1.807) is 0 Å². The third-order valence-electron chi connectivity index (χ3n) is 3.95. The molecule has 0 aromatic heterocycles. The number of nitrogens with two attached hydrogens (primary N) is 1. The van der Waals surface area contributed by atoms with E-state index < -0.39 is 0 Å². The van der Waals surface area contributed by atoms with Crippen LogP contribution in [0.5, 0.6) is 0 Å². The van der Waals surface area contributed by atoms with Crippen molar-refractivity contribution in [3.05, 3.63) is 0 Å². The van der Waals surface area contributed by atoms with Gasteiger partial charge in [-0.3, -0.25) is 4.79 Å². The summed E-state index contributed by atoms with van der Waals surface area (Å²) >= 11 is 0. The lowest BCUT2D eigenvalue weighted by Gasteiger charge is -2.25. The molecule has 2 fully saturated rings. The zero-order valence-electron chi connectivity index (χ0n) is 11.6. The Kier molecular flexibility index (Phi) is 6.07. The first kappa shape index (κ1) is 14.8. The van der Waals surface area contributed by atoms with Gasteiger partial charge in [0.2, 0.25) is 5.91 Å². The van der Waals surface area contributed by atoms with Gasteiger partial charge in [0.1, 0.15) is 0 Å². The standard InChI is InChI=1S/C14H26N2O3/c15-12-4-1-3-11(9-12)14(17)16-6-2-7-19-13-5-8-18-10-13/h11-13H,1-10,15H2,(H,16,17). The maximum absolute atomic E-state index is 11.9. The van der Waals surface area contributed by atoms with Gasteiger partial charge in [0.15, 0.2) is 0 Å². The molecule has 2 aliphatic rings. The van der Waals surface area contributed by atoms with Gasteiger partial charge >= 0.3 is 0 Å². The van der Waals surface area contributed by atoms with E-state index in [0.29, 0.717) is 19.8 Å². The number of carbonyl (C=O) groups is 1. The molecule has 19 heavy (non-hydrogen) atoms. The Morgan fingerprint density at radius 2 is 2.26 bits per heavy atom. The van der Waals surface area contributed by atoms with Gasteiger partial charge in [-0.1, -0.05) is 6.42 Å². The number of carbonyl (C=O) groups excluding carboxylic acids is 1. The third-order valence-corrected chi connectivity index (χ3v) is 3.95. The molecule has 1 aliphatic carbocycles. The zero-order chi connectivity index (χ0) is 13.5. The Hall–Kier alpha value is -0.650. The van der Waals surface area contributed by atoms with Crippen LogP contribution in [-0.2, 0) is 14.3 Å². The first-order chi connectivity index (χ1) is 9.25. The number of nitrogens with one attached hydrogen (secondary N) is 1. The minimum absolute atomic E-state index is 0.118. The minimum atomic E-state index is 0.118. The average molecular weight is 270 g/mol. The van der Waals surface area contributed by atoms with E-state index in [4.69, 9.17) is 15.2 Å². The molecule has 110 valence electrons. The summed E-state index contributed by atoms with van der Waals surface area (Å²) in [5.74, 6) is 0.284. The first-order valence-electron chi connectivity index (χ1n) is 7.48. The van der Waals surface area contributed by atoms with E-state index >= 15 is 0 Å². The molecule has 1 aliphatic heterocycles. The summed E-state index contributed by atoms with van der Waals surface area (Å²) in [5, 5.41) is 2.99. The fourth-order valence-electron chi connectivity index (χ4n) is 2.79. The highest BCUT2D eigenvalue weighted by atomic mass is 16.5. The summed E-state index contributed by atoms with van der Waals surface area (Å²) in [6.07, 6.45) is 6.06. The summed E-state index contributed by atoms with van der Waals surface area (Å²) in [5.41, 5.74) is 5.90. The van der Waals surface area contributed by atoms with E-state index in [2.05, 4.69) is 5.32 Å². The molecule has 5 heteroatoms. The predicted octanol–water partition coefficient (Wildman–Crippen LogP) is 0.816. The second-order valence-electron chi connectivity index (χ2n) is 5.62. The lowest BCUT2D eigenvalue weighted by atomic mass is 9.85. The van der Waals surface area contributed by atoms with E-state index in [9.17, 15) is 4.79 Å². The Morgan fingerprint density at radius 1 is 1.37 bits per heavy atom. The normalized spacial score (nSPS) is 31.3. The van der Waals surface area contributed by atoms with Crippen LogP contribution in [0.3, 0.4) is 0 Å². The van der Waals surface area contributed by atoms with Crippen LogP contribution >= 0.6 is 0 Å². The Balaban J connectivity index is 1.51. The van der Waals surface area contributed by atoms with Crippen LogP contribution in [0.15, 0.2) is 0 Å². The van der Waals surface area contributed by atoms with Crippen molar-refractivity contribution in [2.24, 2.45) is 11.7 Å². The van der Waals surface area contributed by atoms with Crippen LogP contribution in [0.4, 0.5) is 0 Å². The van der Waals surface area contributed by atoms with Crippen molar-refractivity contribution in [1.82, 2.24) is 5.32 Å². The summed E-state index contributed by atoms with van der Waals surface area (Å²) < 4.78 is 10.9. The maximum atomic E-state index is 11.9. The van der Waals surface area contributed by atoms with Gasteiger partial charge in [0.25, 0.3) is 0 Å². The van der Waals surface area contributed by atoms with Crippen molar-refractivity contribution in [1.29, 1.82) is 0 Å². The van der Waals surface area contributed by atoms with Crippen molar-refractivity contribution in [3.8, 4) is 0 Å². The van der Waals surface area contributed by atoms with Crippen molar-refractivity contribution in [2.75, 3.05) is 26.4 Å². The van der Waals surface area contributed by atoms with Gasteiger partial charge in [-0.15, -0.1) is 0 Å². The molecule has 1 saturated carbocycles. The molecule has 5 nitrogen and oxygen atoms in total. The summed E-state index contributed by atoms with van der Waals surface area (Å²) in [7, 11) is 0. The van der Waals surface area contributed by atoms with E-state index in [0.717, 1.165) is 45.1 Å². The molecule has 1 saturated heterocycles. The average Bonchev–Trinajstić information content (AvgIpc) is 2.91. The summed E-state index contributed by atoms with van der Waals surface area (Å²) in [6.45, 7) is 2.91. The maximum Gasteiger partial charge on any atom is 0.223 e. The Labute approximate surface area is 115 Å². The molecule has 1 heterocycles. The molecule has 1 amide bonds. The second kappa shape index (κ2) is 7.82. The molecule has 0 radical (unpaired) electrons. The van der Waals surface area contributed by atoms with Gasteiger partial charge < -0.3 is 20.5 Å². The molecule has 2 rings (SSSR count). The molecule has 0 bridgehead atoms. The zero-order valence-corrected chi connectivity index (χ0v) is 11.6. The highest BCUT2D eigenvalue weighted by Gasteiger charge is 2.24. The fourth-order valence-corrected chi connectivity index (χ4v) is 2.79. The largest absolute Gasteiger partial charge is 0.379 e. The summed E-state index contributed by atoms with van der Waals surface area (Å²) in [6, 6.07) is 0.204. The molecular weight excluding hydrogens is 244 g/mol. The van der Waals surface area contributed by atoms with Crippen LogP contribution < -0.4 is 11.1 Å². The van der Waals surface area contributed by atoms with E-state index in [-0.39, 0.29) is 24.0 Å². The Morgan fingerprint density at radius 3 is 3.00 bits per heavy atom. The first-order valence-corrected chi connectivity index (χ1v) is 7.48. The monoisotopic (exact) mass is 270 g/mol. The van der Waals surface area contributed by atoms with Crippen LogP contribution in [0.25, 0.3) is 0 Å². The number of hydrogen-bond acceptors (Lipinski definition) is 4. The SMILES string of the molecule is NC1CCCC(C(=O)NCCCOC2CCOC2)C1. The van der Waals surface area contributed by atoms with Crippen LogP contribution in [0, 0.1) is 5.92 Å². The number of rotatable bonds is 6. The number of amides is 1. The molecular formula is C14H26N2O3. The highest BCUT2D eigenvalue weighted by molar-refractivity contribution is 5.78. The highest BCUT2D eigenvalue weighted by Crippen LogP contribution is 2.23. The van der Waals surface area contributed by atoms with E-state index in [1.165, 1.54) is 0 Å².